The van der Waals surface area contributed by atoms with Crippen molar-refractivity contribution in [2.75, 3.05) is 32.9 Å². The van der Waals surface area contributed by atoms with E-state index >= 15 is 0 Å². The van der Waals surface area contributed by atoms with Crippen LogP contribution < -0.4 is 9.47 Å². The summed E-state index contributed by atoms with van der Waals surface area (Å²) in [6.45, 7) is 10.4. The van der Waals surface area contributed by atoms with Crippen LogP contribution in [0.1, 0.15) is 33.3 Å². The van der Waals surface area contributed by atoms with Gasteiger partial charge in [-0.3, -0.25) is 9.59 Å². The molecule has 0 bridgehead atoms. The number of benzene rings is 1. The molecule has 0 spiro atoms. The van der Waals surface area contributed by atoms with Gasteiger partial charge in [-0.25, -0.2) is 0 Å². The normalized spacial score (nSPS) is 13.0. The molecule has 6 heteroatoms. The summed E-state index contributed by atoms with van der Waals surface area (Å²) in [7, 11) is 0. The highest BCUT2D eigenvalue weighted by atomic mass is 16.6. The maximum absolute atomic E-state index is 12.4. The molecule has 0 aromatic heterocycles. The van der Waals surface area contributed by atoms with Crippen LogP contribution in [0.25, 0.3) is 0 Å². The lowest BCUT2D eigenvalue weighted by Gasteiger charge is -2.26. The van der Waals surface area contributed by atoms with Crippen molar-refractivity contribution >= 4 is 11.9 Å². The van der Waals surface area contributed by atoms with E-state index in [1.807, 2.05) is 0 Å². The summed E-state index contributed by atoms with van der Waals surface area (Å²) in [5.41, 5.74) is 0.771. The average molecular weight is 363 g/mol. The van der Waals surface area contributed by atoms with E-state index < -0.39 is 5.97 Å². The Morgan fingerprint density at radius 2 is 1.65 bits per heavy atom. The molecular formula is C20H29NO5. The summed E-state index contributed by atoms with van der Waals surface area (Å²) in [6, 6.07) is 5.37. The van der Waals surface area contributed by atoms with Crippen molar-refractivity contribution in [3.05, 3.63) is 23.8 Å². The standard InChI is InChI=1S/C20H29NO5/c1-14(2)11-21(12-15(3)4)19(22)13-26-20(23)10-16-5-6-17-18(9-16)25-8-7-24-17/h5-6,9,14-15H,7-8,10-13H2,1-4H3. The van der Waals surface area contributed by atoms with Crippen LogP contribution in [-0.4, -0.2) is 49.7 Å². The van der Waals surface area contributed by atoms with Gasteiger partial charge in [0.1, 0.15) is 13.2 Å². The first-order chi connectivity index (χ1) is 12.3. The largest absolute Gasteiger partial charge is 0.486 e. The number of carbonyl (C=O) groups excluding carboxylic acids is 2. The maximum Gasteiger partial charge on any atom is 0.310 e. The minimum atomic E-state index is -0.427. The van der Waals surface area contributed by atoms with Gasteiger partial charge in [-0.05, 0) is 29.5 Å². The molecule has 1 aliphatic heterocycles. The third-order valence-corrected chi connectivity index (χ3v) is 3.84. The number of hydrogen-bond acceptors (Lipinski definition) is 5. The third-order valence-electron chi connectivity index (χ3n) is 3.84. The zero-order valence-corrected chi connectivity index (χ0v) is 16.1. The highest BCUT2D eigenvalue weighted by Crippen LogP contribution is 2.30. The zero-order chi connectivity index (χ0) is 19.1. The highest BCUT2D eigenvalue weighted by Gasteiger charge is 2.19. The summed E-state index contributed by atoms with van der Waals surface area (Å²) in [5, 5.41) is 0. The Kier molecular flexibility index (Phi) is 7.30. The van der Waals surface area contributed by atoms with Crippen LogP contribution >= 0.6 is 0 Å². The Morgan fingerprint density at radius 3 is 2.27 bits per heavy atom. The molecule has 0 atom stereocenters. The topological polar surface area (TPSA) is 65.1 Å². The third kappa shape index (κ3) is 6.24. The van der Waals surface area contributed by atoms with Gasteiger partial charge in [0.2, 0.25) is 0 Å². The van der Waals surface area contributed by atoms with Crippen molar-refractivity contribution in [3.63, 3.8) is 0 Å². The molecule has 1 aromatic carbocycles. The first-order valence-corrected chi connectivity index (χ1v) is 9.17. The first-order valence-electron chi connectivity index (χ1n) is 9.17. The predicted molar refractivity (Wildman–Crippen MR) is 98.4 cm³/mol. The Balaban J connectivity index is 1.86. The van der Waals surface area contributed by atoms with Crippen LogP contribution in [0.15, 0.2) is 18.2 Å². The Morgan fingerprint density at radius 1 is 1.04 bits per heavy atom. The van der Waals surface area contributed by atoms with Gasteiger partial charge in [0.25, 0.3) is 5.91 Å². The number of rotatable bonds is 8. The van der Waals surface area contributed by atoms with Crippen LogP contribution in [0.3, 0.4) is 0 Å². The zero-order valence-electron chi connectivity index (χ0n) is 16.1. The molecule has 6 nitrogen and oxygen atoms in total. The molecule has 1 aliphatic rings. The molecule has 1 heterocycles. The van der Waals surface area contributed by atoms with E-state index in [9.17, 15) is 9.59 Å². The number of ether oxygens (including phenoxy) is 3. The Hall–Kier alpha value is -2.24. The Bertz CT molecular complexity index is 617. The minimum Gasteiger partial charge on any atom is -0.486 e. The molecule has 26 heavy (non-hydrogen) atoms. The van der Waals surface area contributed by atoms with Gasteiger partial charge in [-0.15, -0.1) is 0 Å². The first kappa shape index (κ1) is 20.1. The van der Waals surface area contributed by atoms with E-state index in [0.717, 1.165) is 5.56 Å². The number of amides is 1. The summed E-state index contributed by atoms with van der Waals surface area (Å²) < 4.78 is 16.2. The lowest BCUT2D eigenvalue weighted by Crippen LogP contribution is -2.39. The molecule has 1 amide bonds. The summed E-state index contributed by atoms with van der Waals surface area (Å²) in [6.07, 6.45) is 0.0955. The van der Waals surface area contributed by atoms with Crippen LogP contribution in [0.5, 0.6) is 11.5 Å². The Labute approximate surface area is 155 Å². The molecule has 0 N–H and O–H groups in total. The fourth-order valence-electron chi connectivity index (χ4n) is 2.81. The summed E-state index contributed by atoms with van der Waals surface area (Å²) in [5.74, 6) is 1.48. The van der Waals surface area contributed by atoms with E-state index in [1.165, 1.54) is 0 Å². The monoisotopic (exact) mass is 363 g/mol. The number of fused-ring (bicyclic) bond motifs is 1. The van der Waals surface area contributed by atoms with Crippen molar-refractivity contribution in [2.45, 2.75) is 34.1 Å². The molecular weight excluding hydrogens is 334 g/mol. The van der Waals surface area contributed by atoms with Crippen LogP contribution in [0.4, 0.5) is 0 Å². The number of carbonyl (C=O) groups is 2. The van der Waals surface area contributed by atoms with E-state index in [-0.39, 0.29) is 18.9 Å². The smallest absolute Gasteiger partial charge is 0.310 e. The van der Waals surface area contributed by atoms with Gasteiger partial charge in [0, 0.05) is 13.1 Å². The molecule has 1 aromatic rings. The van der Waals surface area contributed by atoms with Gasteiger partial charge in [0.15, 0.2) is 18.1 Å². The van der Waals surface area contributed by atoms with Crippen LogP contribution in [-0.2, 0) is 20.7 Å². The fraction of sp³-hybridized carbons (Fsp3) is 0.600. The van der Waals surface area contributed by atoms with E-state index in [4.69, 9.17) is 14.2 Å². The molecule has 2 rings (SSSR count). The molecule has 0 fully saturated rings. The second-order valence-corrected chi connectivity index (χ2v) is 7.40. The molecule has 0 saturated heterocycles. The van der Waals surface area contributed by atoms with Gasteiger partial charge in [-0.2, -0.15) is 0 Å². The lowest BCUT2D eigenvalue weighted by atomic mass is 10.1. The van der Waals surface area contributed by atoms with E-state index in [0.29, 0.717) is 49.6 Å². The van der Waals surface area contributed by atoms with E-state index in [1.54, 1.807) is 23.1 Å². The molecule has 0 unspecified atom stereocenters. The SMILES string of the molecule is CC(C)CN(CC(C)C)C(=O)COC(=O)Cc1ccc2c(c1)OCCO2. The second-order valence-electron chi connectivity index (χ2n) is 7.40. The van der Waals surface area contributed by atoms with Crippen molar-refractivity contribution in [1.82, 2.24) is 4.90 Å². The van der Waals surface area contributed by atoms with Crippen molar-refractivity contribution in [3.8, 4) is 11.5 Å². The van der Waals surface area contributed by atoms with E-state index in [2.05, 4.69) is 27.7 Å². The molecule has 0 radical (unpaired) electrons. The maximum atomic E-state index is 12.4. The highest BCUT2D eigenvalue weighted by molar-refractivity contribution is 5.81. The molecule has 0 aliphatic carbocycles. The quantitative estimate of drug-likeness (QED) is 0.665. The van der Waals surface area contributed by atoms with Crippen molar-refractivity contribution in [1.29, 1.82) is 0 Å². The number of esters is 1. The van der Waals surface area contributed by atoms with Gasteiger partial charge >= 0.3 is 5.97 Å². The summed E-state index contributed by atoms with van der Waals surface area (Å²) >= 11 is 0. The van der Waals surface area contributed by atoms with Crippen LogP contribution in [0.2, 0.25) is 0 Å². The second kappa shape index (κ2) is 9.46. The van der Waals surface area contributed by atoms with Gasteiger partial charge in [-0.1, -0.05) is 33.8 Å². The average Bonchev–Trinajstić information content (AvgIpc) is 2.58. The van der Waals surface area contributed by atoms with Gasteiger partial charge in [0.05, 0.1) is 6.42 Å². The van der Waals surface area contributed by atoms with Crippen molar-refractivity contribution in [2.24, 2.45) is 11.8 Å². The molecule has 0 saturated carbocycles. The fourth-order valence-corrected chi connectivity index (χ4v) is 2.81. The number of hydrogen-bond donors (Lipinski definition) is 0. The number of nitrogens with zero attached hydrogens (tertiary/aromatic N) is 1. The lowest BCUT2D eigenvalue weighted by molar-refractivity contribution is -0.151. The minimum absolute atomic E-state index is 0.0955. The molecule has 144 valence electrons. The van der Waals surface area contributed by atoms with Gasteiger partial charge < -0.3 is 19.1 Å². The van der Waals surface area contributed by atoms with Crippen molar-refractivity contribution < 1.29 is 23.8 Å². The summed E-state index contributed by atoms with van der Waals surface area (Å²) in [4.78, 5) is 26.2. The van der Waals surface area contributed by atoms with Crippen LogP contribution in [0, 0.1) is 11.8 Å². The predicted octanol–water partition coefficient (Wildman–Crippen LogP) is 2.68.